The Bertz CT molecular complexity index is 105. The summed E-state index contributed by atoms with van der Waals surface area (Å²) >= 11 is 2.30. The van der Waals surface area contributed by atoms with Crippen molar-refractivity contribution in [1.82, 2.24) is 0 Å². The Kier molecular flexibility index (Phi) is 3.73. The summed E-state index contributed by atoms with van der Waals surface area (Å²) in [5.41, 5.74) is 0.958. The van der Waals surface area contributed by atoms with Crippen molar-refractivity contribution in [2.24, 2.45) is 0 Å². The molecule has 0 spiro atoms. The second kappa shape index (κ2) is 3.56. The second-order valence-corrected chi connectivity index (χ2v) is 3.11. The van der Waals surface area contributed by atoms with E-state index in [0.717, 1.165) is 10.0 Å². The van der Waals surface area contributed by atoms with Gasteiger partial charge < -0.3 is 4.74 Å². The molecule has 0 radical (unpaired) electrons. The van der Waals surface area contributed by atoms with Gasteiger partial charge in [-0.1, -0.05) is 29.2 Å². The Hall–Kier alpha value is 0.430. The average molecular weight is 240 g/mol. The molecule has 0 aromatic heterocycles. The maximum atomic E-state index is 5.24. The number of rotatable bonds is 3. The fraction of sp³-hybridized carbons (Fsp3) is 0.714. The fourth-order valence-electron chi connectivity index (χ4n) is 0.343. The van der Waals surface area contributed by atoms with Crippen molar-refractivity contribution in [3.63, 3.8) is 0 Å². The van der Waals surface area contributed by atoms with Crippen LogP contribution in [0.25, 0.3) is 0 Å². The van der Waals surface area contributed by atoms with Crippen LogP contribution in [0.4, 0.5) is 0 Å². The smallest absolute Gasteiger partial charge is 0.0943 e. The molecular weight excluding hydrogens is 227 g/mol. The molecule has 0 N–H and O–H groups in total. The van der Waals surface area contributed by atoms with Crippen LogP contribution in [0.15, 0.2) is 12.2 Å². The molecule has 0 aromatic rings. The predicted molar refractivity (Wildman–Crippen MR) is 49.1 cm³/mol. The summed E-state index contributed by atoms with van der Waals surface area (Å²) < 4.78 is 6.20. The van der Waals surface area contributed by atoms with E-state index in [1.165, 1.54) is 0 Å². The third-order valence-electron chi connectivity index (χ3n) is 1.61. The van der Waals surface area contributed by atoms with E-state index >= 15 is 0 Å². The maximum absolute atomic E-state index is 5.24. The van der Waals surface area contributed by atoms with Gasteiger partial charge in [0.2, 0.25) is 0 Å². The predicted octanol–water partition coefficient (Wildman–Crippen LogP) is 2.40. The number of alkyl halides is 1. The van der Waals surface area contributed by atoms with Crippen molar-refractivity contribution in [3.8, 4) is 0 Å². The molecule has 2 heteroatoms. The lowest BCUT2D eigenvalue weighted by atomic mass is 10.0. The molecule has 1 atom stereocenters. The van der Waals surface area contributed by atoms with Crippen molar-refractivity contribution in [3.05, 3.63) is 12.2 Å². The van der Waals surface area contributed by atoms with Gasteiger partial charge in [-0.15, -0.1) is 0 Å². The Morgan fingerprint density at radius 1 is 1.78 bits per heavy atom. The van der Waals surface area contributed by atoms with Gasteiger partial charge in [0.25, 0.3) is 0 Å². The molecular formula is C7H13IO. The third kappa shape index (κ3) is 2.26. The maximum Gasteiger partial charge on any atom is 0.0943 e. The Balaban J connectivity index is 4.09. The van der Waals surface area contributed by atoms with Crippen LogP contribution in [0.3, 0.4) is 0 Å². The quantitative estimate of drug-likeness (QED) is 0.418. The van der Waals surface area contributed by atoms with Crippen molar-refractivity contribution in [2.45, 2.75) is 19.4 Å². The SMILES string of the molecule is C=C(C)C(C)(CI)OC. The summed E-state index contributed by atoms with van der Waals surface area (Å²) in [6.45, 7) is 7.87. The van der Waals surface area contributed by atoms with Gasteiger partial charge in [0, 0.05) is 11.5 Å². The van der Waals surface area contributed by atoms with Gasteiger partial charge in [0.15, 0.2) is 0 Å². The number of hydrogen-bond donors (Lipinski definition) is 0. The summed E-state index contributed by atoms with van der Waals surface area (Å²) in [4.78, 5) is 0. The van der Waals surface area contributed by atoms with Crippen LogP contribution in [-0.2, 0) is 4.74 Å². The van der Waals surface area contributed by atoms with Crippen molar-refractivity contribution in [2.75, 3.05) is 11.5 Å². The van der Waals surface area contributed by atoms with E-state index in [9.17, 15) is 0 Å². The minimum Gasteiger partial charge on any atom is -0.373 e. The molecule has 0 aliphatic carbocycles. The first-order chi connectivity index (χ1) is 4.06. The van der Waals surface area contributed by atoms with Crippen LogP contribution in [-0.4, -0.2) is 17.1 Å². The molecule has 1 nitrogen and oxygen atoms in total. The van der Waals surface area contributed by atoms with Crippen LogP contribution in [0.1, 0.15) is 13.8 Å². The summed E-state index contributed by atoms with van der Waals surface area (Å²) in [6.07, 6.45) is 0. The van der Waals surface area contributed by atoms with E-state index in [-0.39, 0.29) is 5.60 Å². The Morgan fingerprint density at radius 2 is 2.22 bits per heavy atom. The topological polar surface area (TPSA) is 9.23 Å². The zero-order valence-electron chi connectivity index (χ0n) is 6.20. The first-order valence-electron chi connectivity index (χ1n) is 2.84. The minimum atomic E-state index is -0.124. The molecule has 54 valence electrons. The molecule has 0 saturated carbocycles. The summed E-state index contributed by atoms with van der Waals surface area (Å²) in [6, 6.07) is 0. The standard InChI is InChI=1S/C7H13IO/c1-6(2)7(3,5-8)9-4/h1,5H2,2-4H3. The van der Waals surface area contributed by atoms with Crippen LogP contribution >= 0.6 is 22.6 Å². The lowest BCUT2D eigenvalue weighted by Crippen LogP contribution is -2.29. The van der Waals surface area contributed by atoms with E-state index in [2.05, 4.69) is 29.2 Å². The monoisotopic (exact) mass is 240 g/mol. The zero-order chi connectivity index (χ0) is 7.49. The molecule has 0 fully saturated rings. The van der Waals surface area contributed by atoms with Crippen molar-refractivity contribution < 1.29 is 4.74 Å². The molecule has 0 heterocycles. The molecule has 0 saturated heterocycles. The van der Waals surface area contributed by atoms with E-state index in [0.29, 0.717) is 0 Å². The Morgan fingerprint density at radius 3 is 2.22 bits per heavy atom. The molecule has 0 amide bonds. The number of halogens is 1. The number of ether oxygens (including phenoxy) is 1. The van der Waals surface area contributed by atoms with E-state index in [4.69, 9.17) is 4.74 Å². The molecule has 0 rings (SSSR count). The highest BCUT2D eigenvalue weighted by atomic mass is 127. The summed E-state index contributed by atoms with van der Waals surface area (Å²) in [5, 5.41) is 0. The molecule has 0 aromatic carbocycles. The van der Waals surface area contributed by atoms with Crippen LogP contribution in [0.5, 0.6) is 0 Å². The second-order valence-electron chi connectivity index (χ2n) is 2.35. The highest BCUT2D eigenvalue weighted by molar-refractivity contribution is 14.1. The van der Waals surface area contributed by atoms with E-state index in [1.54, 1.807) is 7.11 Å². The molecule has 0 aliphatic heterocycles. The average Bonchev–Trinajstić information content (AvgIpc) is 1.86. The van der Waals surface area contributed by atoms with Crippen LogP contribution in [0.2, 0.25) is 0 Å². The molecule has 1 unspecified atom stereocenters. The minimum absolute atomic E-state index is 0.124. The van der Waals surface area contributed by atoms with Crippen molar-refractivity contribution in [1.29, 1.82) is 0 Å². The van der Waals surface area contributed by atoms with Gasteiger partial charge in [-0.3, -0.25) is 0 Å². The van der Waals surface area contributed by atoms with Gasteiger partial charge in [-0.05, 0) is 19.4 Å². The first-order valence-corrected chi connectivity index (χ1v) is 4.36. The van der Waals surface area contributed by atoms with Crippen LogP contribution < -0.4 is 0 Å². The third-order valence-corrected chi connectivity index (χ3v) is 3.06. The van der Waals surface area contributed by atoms with Gasteiger partial charge >= 0.3 is 0 Å². The van der Waals surface area contributed by atoms with Crippen LogP contribution in [0, 0.1) is 0 Å². The zero-order valence-corrected chi connectivity index (χ0v) is 8.36. The summed E-state index contributed by atoms with van der Waals surface area (Å²) in [7, 11) is 1.72. The van der Waals surface area contributed by atoms with Gasteiger partial charge in [-0.25, -0.2) is 0 Å². The molecule has 0 bridgehead atoms. The number of hydrogen-bond acceptors (Lipinski definition) is 1. The number of methoxy groups -OCH3 is 1. The first kappa shape index (κ1) is 9.43. The van der Waals surface area contributed by atoms with Crippen molar-refractivity contribution >= 4 is 22.6 Å². The highest BCUT2D eigenvalue weighted by Crippen LogP contribution is 2.20. The van der Waals surface area contributed by atoms with Gasteiger partial charge in [0.05, 0.1) is 5.60 Å². The van der Waals surface area contributed by atoms with Gasteiger partial charge in [-0.2, -0.15) is 0 Å². The van der Waals surface area contributed by atoms with E-state index < -0.39 is 0 Å². The van der Waals surface area contributed by atoms with E-state index in [1.807, 2.05) is 13.8 Å². The molecule has 0 aliphatic rings. The fourth-order valence-corrected chi connectivity index (χ4v) is 1.31. The lowest BCUT2D eigenvalue weighted by Gasteiger charge is -2.25. The molecule has 9 heavy (non-hydrogen) atoms. The lowest BCUT2D eigenvalue weighted by molar-refractivity contribution is 0.0622. The van der Waals surface area contributed by atoms with Gasteiger partial charge in [0.1, 0.15) is 0 Å². The normalized spacial score (nSPS) is 16.9. The largest absolute Gasteiger partial charge is 0.373 e. The highest BCUT2D eigenvalue weighted by Gasteiger charge is 2.21. The Labute approximate surface area is 70.6 Å². The summed E-state index contributed by atoms with van der Waals surface area (Å²) in [5.74, 6) is 0.